The molecule has 0 aromatic heterocycles. The first-order chi connectivity index (χ1) is 16.6. The lowest BCUT2D eigenvalue weighted by molar-refractivity contribution is -0.140. The number of hydrogen-bond donors (Lipinski definition) is 1. The Morgan fingerprint density at radius 2 is 1.74 bits per heavy atom. The van der Waals surface area contributed by atoms with Gasteiger partial charge in [0.25, 0.3) is 11.7 Å². The molecule has 1 amide bonds. The van der Waals surface area contributed by atoms with E-state index in [1.165, 1.54) is 4.90 Å². The van der Waals surface area contributed by atoms with Gasteiger partial charge in [-0.05, 0) is 54.7 Å². The number of carbonyl (C=O) groups is 2. The Labute approximate surface area is 207 Å². The Bertz CT molecular complexity index is 1100. The average Bonchev–Trinajstić information content (AvgIpc) is 3.08. The second-order valence-corrected chi connectivity index (χ2v) is 9.51. The number of aliphatic hydroxyl groups excluding tert-OH is 1. The third kappa shape index (κ3) is 5.51. The summed E-state index contributed by atoms with van der Waals surface area (Å²) in [6.45, 7) is 9.34. The highest BCUT2D eigenvalue weighted by Gasteiger charge is 2.45. The van der Waals surface area contributed by atoms with E-state index in [2.05, 4.69) is 0 Å². The van der Waals surface area contributed by atoms with Crippen molar-refractivity contribution in [3.8, 4) is 11.5 Å². The fourth-order valence-corrected chi connectivity index (χ4v) is 4.35. The number of ketones is 1. The summed E-state index contributed by atoms with van der Waals surface area (Å²) in [4.78, 5) is 27.8. The largest absolute Gasteiger partial charge is 0.507 e. The highest BCUT2D eigenvalue weighted by molar-refractivity contribution is 6.46. The van der Waals surface area contributed by atoms with Gasteiger partial charge in [-0.1, -0.05) is 32.9 Å². The second-order valence-electron chi connectivity index (χ2n) is 9.51. The number of ether oxygens (including phenoxy) is 3. The first kappa shape index (κ1) is 26.3. The van der Waals surface area contributed by atoms with Gasteiger partial charge in [-0.25, -0.2) is 0 Å². The van der Waals surface area contributed by atoms with Crippen LogP contribution in [0.15, 0.2) is 48.0 Å². The summed E-state index contributed by atoms with van der Waals surface area (Å²) < 4.78 is 16.2. The van der Waals surface area contributed by atoms with E-state index in [0.717, 1.165) is 11.1 Å². The Morgan fingerprint density at radius 3 is 2.31 bits per heavy atom. The van der Waals surface area contributed by atoms with E-state index in [9.17, 15) is 14.7 Å². The minimum atomic E-state index is -0.720. The zero-order chi connectivity index (χ0) is 25.8. The van der Waals surface area contributed by atoms with Gasteiger partial charge in [-0.2, -0.15) is 0 Å². The van der Waals surface area contributed by atoms with Gasteiger partial charge in [-0.3, -0.25) is 9.59 Å². The molecule has 0 saturated carbocycles. The zero-order valence-corrected chi connectivity index (χ0v) is 21.4. The summed E-state index contributed by atoms with van der Waals surface area (Å²) in [5, 5.41) is 11.4. The summed E-state index contributed by atoms with van der Waals surface area (Å²) in [6.07, 6.45) is 0.563. The molecule has 1 atom stereocenters. The normalized spacial score (nSPS) is 17.7. The molecule has 1 fully saturated rings. The SMILES string of the molecule is CCOc1ccc(C2/C(=C(/O)c3ccc(OC)c(C(C)(C)C)c3)C(=O)C(=O)N2CCCOC)cc1. The predicted molar refractivity (Wildman–Crippen MR) is 135 cm³/mol. The van der Waals surface area contributed by atoms with Crippen molar-refractivity contribution in [1.82, 2.24) is 4.90 Å². The number of nitrogens with zero attached hydrogens (tertiary/aromatic N) is 1. The third-order valence-corrected chi connectivity index (χ3v) is 6.08. The molecule has 1 heterocycles. The van der Waals surface area contributed by atoms with E-state index < -0.39 is 17.7 Å². The van der Waals surface area contributed by atoms with E-state index in [-0.39, 0.29) is 16.7 Å². The van der Waals surface area contributed by atoms with Crippen LogP contribution in [0.1, 0.15) is 56.8 Å². The lowest BCUT2D eigenvalue weighted by atomic mass is 9.84. The Balaban J connectivity index is 2.15. The summed E-state index contributed by atoms with van der Waals surface area (Å²) in [6, 6.07) is 11.8. The molecule has 1 aliphatic rings. The molecular weight excluding hydrogens is 446 g/mol. The van der Waals surface area contributed by atoms with Gasteiger partial charge >= 0.3 is 0 Å². The molecule has 1 N–H and O–H groups in total. The number of amides is 1. The van der Waals surface area contributed by atoms with Gasteiger partial charge in [0.1, 0.15) is 17.3 Å². The molecule has 0 bridgehead atoms. The second kappa shape index (κ2) is 11.0. The molecule has 3 rings (SSSR count). The molecule has 7 nitrogen and oxygen atoms in total. The van der Waals surface area contributed by atoms with E-state index >= 15 is 0 Å². The molecule has 1 aliphatic heterocycles. The van der Waals surface area contributed by atoms with Crippen molar-refractivity contribution >= 4 is 17.4 Å². The molecule has 0 aliphatic carbocycles. The minimum Gasteiger partial charge on any atom is -0.507 e. The van der Waals surface area contributed by atoms with E-state index in [1.54, 1.807) is 38.5 Å². The molecule has 0 radical (unpaired) electrons. The van der Waals surface area contributed by atoms with Gasteiger partial charge in [0.2, 0.25) is 0 Å². The van der Waals surface area contributed by atoms with Crippen molar-refractivity contribution in [1.29, 1.82) is 0 Å². The van der Waals surface area contributed by atoms with Crippen molar-refractivity contribution in [2.24, 2.45) is 0 Å². The van der Waals surface area contributed by atoms with Crippen LogP contribution in [0.5, 0.6) is 11.5 Å². The number of benzene rings is 2. The molecule has 0 spiro atoms. The summed E-state index contributed by atoms with van der Waals surface area (Å²) in [7, 11) is 3.19. The number of likely N-dealkylation sites (tertiary alicyclic amines) is 1. The van der Waals surface area contributed by atoms with Gasteiger partial charge < -0.3 is 24.2 Å². The lowest BCUT2D eigenvalue weighted by Crippen LogP contribution is -2.31. The number of methoxy groups -OCH3 is 2. The molecular formula is C28H35NO6. The molecule has 2 aromatic carbocycles. The van der Waals surface area contributed by atoms with Gasteiger partial charge in [0.05, 0.1) is 25.3 Å². The quantitative estimate of drug-likeness (QED) is 0.239. The number of carbonyl (C=O) groups excluding carboxylic acids is 2. The molecule has 7 heteroatoms. The minimum absolute atomic E-state index is 0.0709. The van der Waals surface area contributed by atoms with E-state index in [1.807, 2.05) is 45.9 Å². The van der Waals surface area contributed by atoms with Gasteiger partial charge in [-0.15, -0.1) is 0 Å². The molecule has 35 heavy (non-hydrogen) atoms. The zero-order valence-electron chi connectivity index (χ0n) is 21.4. The maximum atomic E-state index is 13.2. The van der Waals surface area contributed by atoms with Crippen molar-refractivity contribution < 1.29 is 28.9 Å². The smallest absolute Gasteiger partial charge is 0.295 e. The third-order valence-electron chi connectivity index (χ3n) is 6.08. The van der Waals surface area contributed by atoms with E-state index in [0.29, 0.717) is 43.2 Å². The topological polar surface area (TPSA) is 85.3 Å². The monoisotopic (exact) mass is 481 g/mol. The van der Waals surface area contributed by atoms with Crippen LogP contribution in [0.3, 0.4) is 0 Å². The van der Waals surface area contributed by atoms with Crippen molar-refractivity contribution in [3.63, 3.8) is 0 Å². The maximum absolute atomic E-state index is 13.2. The van der Waals surface area contributed by atoms with Crippen molar-refractivity contribution in [2.45, 2.75) is 45.6 Å². The highest BCUT2D eigenvalue weighted by Crippen LogP contribution is 2.41. The maximum Gasteiger partial charge on any atom is 0.295 e. The fourth-order valence-electron chi connectivity index (χ4n) is 4.35. The molecule has 188 valence electrons. The fraction of sp³-hybridized carbons (Fsp3) is 0.429. The molecule has 1 saturated heterocycles. The van der Waals surface area contributed by atoms with Crippen LogP contribution in [0.2, 0.25) is 0 Å². The Hall–Kier alpha value is -3.32. The van der Waals surface area contributed by atoms with Crippen LogP contribution in [-0.2, 0) is 19.7 Å². The Kier molecular flexibility index (Phi) is 8.22. The number of Topliss-reactive ketones (excluding diaryl/α,β-unsaturated/α-hetero) is 1. The Morgan fingerprint density at radius 1 is 1.06 bits per heavy atom. The van der Waals surface area contributed by atoms with Gasteiger partial charge in [0.15, 0.2) is 0 Å². The first-order valence-corrected chi connectivity index (χ1v) is 11.8. The van der Waals surface area contributed by atoms with Crippen molar-refractivity contribution in [2.75, 3.05) is 34.0 Å². The van der Waals surface area contributed by atoms with Crippen LogP contribution >= 0.6 is 0 Å². The number of aliphatic hydroxyl groups is 1. The first-order valence-electron chi connectivity index (χ1n) is 11.8. The predicted octanol–water partition coefficient (Wildman–Crippen LogP) is 4.85. The number of rotatable bonds is 9. The van der Waals surface area contributed by atoms with Crippen LogP contribution in [-0.4, -0.2) is 55.7 Å². The average molecular weight is 482 g/mol. The van der Waals surface area contributed by atoms with E-state index in [4.69, 9.17) is 14.2 Å². The van der Waals surface area contributed by atoms with Crippen LogP contribution in [0.25, 0.3) is 5.76 Å². The van der Waals surface area contributed by atoms with Crippen LogP contribution in [0.4, 0.5) is 0 Å². The van der Waals surface area contributed by atoms with Crippen molar-refractivity contribution in [3.05, 3.63) is 64.7 Å². The van der Waals surface area contributed by atoms with Crippen LogP contribution in [0, 0.1) is 0 Å². The molecule has 1 unspecified atom stereocenters. The number of hydrogen-bond acceptors (Lipinski definition) is 6. The summed E-state index contributed by atoms with van der Waals surface area (Å²) in [5.41, 5.74) is 1.87. The van der Waals surface area contributed by atoms with Crippen LogP contribution < -0.4 is 9.47 Å². The lowest BCUT2D eigenvalue weighted by Gasteiger charge is -2.26. The highest BCUT2D eigenvalue weighted by atomic mass is 16.5. The summed E-state index contributed by atoms with van der Waals surface area (Å²) >= 11 is 0. The standard InChI is InChI=1S/C28H35NO6/c1-7-35-20-12-9-18(10-13-20)24-23(26(31)27(32)29(24)15-8-16-33-5)25(30)19-11-14-22(34-6)21(17-19)28(2,3)4/h9-14,17,24,30H,7-8,15-16H2,1-6H3/b25-23-. The molecule has 2 aromatic rings. The van der Waals surface area contributed by atoms with Gasteiger partial charge in [0, 0.05) is 31.4 Å². The summed E-state index contributed by atoms with van der Waals surface area (Å²) in [5.74, 6) is -0.155.